The summed E-state index contributed by atoms with van der Waals surface area (Å²) in [6.07, 6.45) is 3.16. The van der Waals surface area contributed by atoms with Gasteiger partial charge in [-0.25, -0.2) is 0 Å². The summed E-state index contributed by atoms with van der Waals surface area (Å²) in [4.78, 5) is 0. The van der Waals surface area contributed by atoms with E-state index in [4.69, 9.17) is 0 Å². The Balaban J connectivity index is 1.28. The molecule has 162 valence electrons. The zero-order chi connectivity index (χ0) is 22.7. The molecule has 3 aliphatic rings. The molecule has 0 heteroatoms. The molecule has 0 spiro atoms. The van der Waals surface area contributed by atoms with Gasteiger partial charge in [0.25, 0.3) is 0 Å². The maximum atomic E-state index is 2.51. The van der Waals surface area contributed by atoms with Gasteiger partial charge in [0, 0.05) is 0 Å². The Labute approximate surface area is 204 Å². The van der Waals surface area contributed by atoms with Gasteiger partial charge in [-0.15, -0.1) is 0 Å². The lowest BCUT2D eigenvalue weighted by Gasteiger charge is -2.11. The lowest BCUT2D eigenvalue weighted by molar-refractivity contribution is 1.19. The van der Waals surface area contributed by atoms with E-state index in [0.717, 1.165) is 19.3 Å². The van der Waals surface area contributed by atoms with Crippen molar-refractivity contribution >= 4 is 21.5 Å². The molecule has 3 aliphatic carbocycles. The van der Waals surface area contributed by atoms with Gasteiger partial charge in [0.2, 0.25) is 0 Å². The van der Waals surface area contributed by atoms with Crippen molar-refractivity contribution in [1.29, 1.82) is 0 Å². The minimum absolute atomic E-state index is 1.05. The molecule has 0 nitrogen and oxygen atoms in total. The third-order valence-corrected chi connectivity index (χ3v) is 8.66. The Morgan fingerprint density at radius 2 is 0.771 bits per heavy atom. The molecular formula is C35H22. The van der Waals surface area contributed by atoms with E-state index in [9.17, 15) is 0 Å². The molecule has 0 saturated carbocycles. The Bertz CT molecular complexity index is 1780. The van der Waals surface area contributed by atoms with Crippen molar-refractivity contribution in [2.45, 2.75) is 19.3 Å². The molecule has 0 unspecified atom stereocenters. The zero-order valence-corrected chi connectivity index (χ0v) is 19.4. The quantitative estimate of drug-likeness (QED) is 0.220. The van der Waals surface area contributed by atoms with Crippen molar-refractivity contribution in [2.75, 3.05) is 0 Å². The van der Waals surface area contributed by atoms with Gasteiger partial charge in [-0.05, 0) is 120 Å². The largest absolute Gasteiger partial charge is 0.0616 e. The van der Waals surface area contributed by atoms with Crippen molar-refractivity contribution in [3.8, 4) is 33.4 Å². The van der Waals surface area contributed by atoms with Crippen LogP contribution in [-0.4, -0.2) is 0 Å². The van der Waals surface area contributed by atoms with E-state index >= 15 is 0 Å². The number of hydrogen-bond acceptors (Lipinski definition) is 0. The van der Waals surface area contributed by atoms with Gasteiger partial charge in [-0.1, -0.05) is 84.9 Å². The first kappa shape index (κ1) is 18.2. The van der Waals surface area contributed by atoms with E-state index in [1.165, 1.54) is 88.3 Å². The van der Waals surface area contributed by atoms with Crippen LogP contribution in [0.25, 0.3) is 54.9 Å². The maximum Gasteiger partial charge on any atom is -0.00131 e. The summed E-state index contributed by atoms with van der Waals surface area (Å²) < 4.78 is 0. The van der Waals surface area contributed by atoms with Crippen LogP contribution < -0.4 is 0 Å². The normalized spacial score (nSPS) is 13.9. The first-order valence-electron chi connectivity index (χ1n) is 12.7. The second kappa shape index (κ2) is 6.29. The Hall–Kier alpha value is -4.16. The number of hydrogen-bond donors (Lipinski definition) is 0. The average Bonchev–Trinajstić information content (AvgIpc) is 3.56. The standard InChI is InChI=1S/C35H22/c1-3-7-28-20(5-1)9-11-22-13-26-16-24-15-25-17-27-14-23-12-10-21-6-2-4-8-29(21)35(23)33(27)19-31(25)30(24)18-32(26)34(22)28/h1-12,16-19H,13-15H2. The van der Waals surface area contributed by atoms with Crippen molar-refractivity contribution in [3.05, 3.63) is 130 Å². The van der Waals surface area contributed by atoms with Crippen molar-refractivity contribution < 1.29 is 0 Å². The fourth-order valence-electron chi connectivity index (χ4n) is 7.12. The molecule has 0 atom stereocenters. The SMILES string of the molecule is c1ccc2c3c(ccc2c1)Cc1cc2c(cc1-3)-c1cc3c(cc1C2)Cc1ccc2ccccc2c1-3. The van der Waals surface area contributed by atoms with Crippen LogP contribution in [0.3, 0.4) is 0 Å². The first-order chi connectivity index (χ1) is 17.3. The highest BCUT2D eigenvalue weighted by atomic mass is 14.3. The van der Waals surface area contributed by atoms with Crippen LogP contribution in [0.1, 0.15) is 33.4 Å². The molecule has 0 aliphatic heterocycles. The first-order valence-corrected chi connectivity index (χ1v) is 12.7. The van der Waals surface area contributed by atoms with E-state index in [1.807, 2.05) is 0 Å². The van der Waals surface area contributed by atoms with E-state index in [-0.39, 0.29) is 0 Å². The molecule has 6 aromatic carbocycles. The van der Waals surface area contributed by atoms with E-state index in [2.05, 4.69) is 97.1 Å². The van der Waals surface area contributed by atoms with Crippen molar-refractivity contribution in [2.24, 2.45) is 0 Å². The Morgan fingerprint density at radius 3 is 1.29 bits per heavy atom. The molecule has 0 radical (unpaired) electrons. The maximum absolute atomic E-state index is 2.51. The Morgan fingerprint density at radius 1 is 0.343 bits per heavy atom. The summed E-state index contributed by atoms with van der Waals surface area (Å²) in [7, 11) is 0. The second-order valence-corrected chi connectivity index (χ2v) is 10.5. The fourth-order valence-corrected chi connectivity index (χ4v) is 7.12. The monoisotopic (exact) mass is 442 g/mol. The molecule has 0 saturated heterocycles. The van der Waals surface area contributed by atoms with Gasteiger partial charge in [0.15, 0.2) is 0 Å². The molecular weight excluding hydrogens is 420 g/mol. The minimum Gasteiger partial charge on any atom is -0.0616 e. The molecule has 0 bridgehead atoms. The molecule has 0 fully saturated rings. The summed E-state index contributed by atoms with van der Waals surface area (Å²) in [5.41, 5.74) is 17.6. The van der Waals surface area contributed by atoms with Gasteiger partial charge < -0.3 is 0 Å². The van der Waals surface area contributed by atoms with Crippen LogP contribution in [0.4, 0.5) is 0 Å². The van der Waals surface area contributed by atoms with E-state index < -0.39 is 0 Å². The van der Waals surface area contributed by atoms with Gasteiger partial charge in [0.1, 0.15) is 0 Å². The van der Waals surface area contributed by atoms with Crippen LogP contribution in [0, 0.1) is 0 Å². The highest BCUT2D eigenvalue weighted by Gasteiger charge is 2.29. The van der Waals surface area contributed by atoms with Crippen molar-refractivity contribution in [1.82, 2.24) is 0 Å². The fraction of sp³-hybridized carbons (Fsp3) is 0.0857. The second-order valence-electron chi connectivity index (χ2n) is 10.5. The van der Waals surface area contributed by atoms with Crippen LogP contribution in [0.15, 0.2) is 97.1 Å². The summed E-state index contributed by atoms with van der Waals surface area (Å²) in [5, 5.41) is 5.44. The van der Waals surface area contributed by atoms with Crippen molar-refractivity contribution in [3.63, 3.8) is 0 Å². The van der Waals surface area contributed by atoms with Gasteiger partial charge in [-0.3, -0.25) is 0 Å². The number of rotatable bonds is 0. The lowest BCUT2D eigenvalue weighted by atomic mass is 9.93. The van der Waals surface area contributed by atoms with Crippen LogP contribution in [-0.2, 0) is 19.3 Å². The summed E-state index contributed by atoms with van der Waals surface area (Å²) >= 11 is 0. The molecule has 6 aromatic rings. The molecule has 35 heavy (non-hydrogen) atoms. The number of fused-ring (bicyclic) bond motifs is 13. The molecule has 9 rings (SSSR count). The van der Waals surface area contributed by atoms with Gasteiger partial charge in [-0.2, -0.15) is 0 Å². The summed E-state index contributed by atoms with van der Waals surface area (Å²) in [6.45, 7) is 0. The predicted molar refractivity (Wildman–Crippen MR) is 146 cm³/mol. The average molecular weight is 443 g/mol. The third-order valence-electron chi connectivity index (χ3n) is 8.66. The Kier molecular flexibility index (Phi) is 3.27. The highest BCUT2D eigenvalue weighted by molar-refractivity contribution is 6.04. The molecule has 0 heterocycles. The minimum atomic E-state index is 1.05. The molecule has 0 amide bonds. The summed E-state index contributed by atoms with van der Waals surface area (Å²) in [6, 6.07) is 37.0. The zero-order valence-electron chi connectivity index (χ0n) is 19.4. The molecule has 0 N–H and O–H groups in total. The lowest BCUT2D eigenvalue weighted by Crippen LogP contribution is -1.86. The predicted octanol–water partition coefficient (Wildman–Crippen LogP) is 8.71. The van der Waals surface area contributed by atoms with Crippen LogP contribution in [0.5, 0.6) is 0 Å². The van der Waals surface area contributed by atoms with Gasteiger partial charge in [0.05, 0.1) is 0 Å². The highest BCUT2D eigenvalue weighted by Crippen LogP contribution is 2.50. The smallest absolute Gasteiger partial charge is 0.00131 e. The van der Waals surface area contributed by atoms with Crippen LogP contribution >= 0.6 is 0 Å². The summed E-state index contributed by atoms with van der Waals surface area (Å²) in [5.74, 6) is 0. The van der Waals surface area contributed by atoms with Gasteiger partial charge >= 0.3 is 0 Å². The number of benzene rings is 6. The third kappa shape index (κ3) is 2.32. The molecule has 0 aromatic heterocycles. The van der Waals surface area contributed by atoms with E-state index in [1.54, 1.807) is 0 Å². The topological polar surface area (TPSA) is 0 Å². The van der Waals surface area contributed by atoms with Crippen LogP contribution in [0.2, 0.25) is 0 Å². The van der Waals surface area contributed by atoms with E-state index in [0.29, 0.717) is 0 Å².